The summed E-state index contributed by atoms with van der Waals surface area (Å²) >= 11 is 0. The monoisotopic (exact) mass is 282 g/mol. The lowest BCUT2D eigenvalue weighted by molar-refractivity contribution is 0.246. The number of rotatable bonds is 8. The van der Waals surface area contributed by atoms with Crippen molar-refractivity contribution in [2.45, 2.75) is 33.2 Å². The second-order valence-electron chi connectivity index (χ2n) is 5.54. The molecule has 0 aliphatic carbocycles. The SMILES string of the molecule is CCN(CCC(N)c1c(F)cccc1OC)CC(C)C. The Morgan fingerprint density at radius 3 is 2.60 bits per heavy atom. The van der Waals surface area contributed by atoms with E-state index in [0.29, 0.717) is 17.2 Å². The minimum Gasteiger partial charge on any atom is -0.496 e. The normalized spacial score (nSPS) is 13.0. The molecular formula is C16H27FN2O. The first-order chi connectivity index (χ1) is 9.49. The molecule has 0 aromatic heterocycles. The van der Waals surface area contributed by atoms with Crippen molar-refractivity contribution in [3.05, 3.63) is 29.6 Å². The van der Waals surface area contributed by atoms with Crippen molar-refractivity contribution in [2.75, 3.05) is 26.7 Å². The number of hydrogen-bond acceptors (Lipinski definition) is 3. The highest BCUT2D eigenvalue weighted by Gasteiger charge is 2.17. The molecule has 1 unspecified atom stereocenters. The zero-order valence-electron chi connectivity index (χ0n) is 13.0. The predicted molar refractivity (Wildman–Crippen MR) is 81.4 cm³/mol. The fraction of sp³-hybridized carbons (Fsp3) is 0.625. The van der Waals surface area contributed by atoms with E-state index in [4.69, 9.17) is 10.5 Å². The van der Waals surface area contributed by atoms with Crippen LogP contribution in [-0.4, -0.2) is 31.6 Å². The summed E-state index contributed by atoms with van der Waals surface area (Å²) < 4.78 is 19.1. The van der Waals surface area contributed by atoms with E-state index in [-0.39, 0.29) is 11.9 Å². The highest BCUT2D eigenvalue weighted by Crippen LogP contribution is 2.28. The molecule has 0 fully saturated rings. The number of nitrogens with zero attached hydrogens (tertiary/aromatic N) is 1. The Balaban J connectivity index is 2.69. The van der Waals surface area contributed by atoms with Crippen molar-refractivity contribution in [3.8, 4) is 5.75 Å². The van der Waals surface area contributed by atoms with Crippen molar-refractivity contribution in [1.82, 2.24) is 4.90 Å². The fourth-order valence-electron chi connectivity index (χ4n) is 2.42. The molecule has 2 N–H and O–H groups in total. The molecule has 0 aliphatic heterocycles. The van der Waals surface area contributed by atoms with Crippen molar-refractivity contribution in [1.29, 1.82) is 0 Å². The number of halogens is 1. The van der Waals surface area contributed by atoms with Crippen LogP contribution in [0.2, 0.25) is 0 Å². The highest BCUT2D eigenvalue weighted by atomic mass is 19.1. The maximum atomic E-state index is 13.9. The zero-order valence-corrected chi connectivity index (χ0v) is 13.0. The molecule has 20 heavy (non-hydrogen) atoms. The molecule has 0 spiro atoms. The maximum Gasteiger partial charge on any atom is 0.131 e. The minimum absolute atomic E-state index is 0.288. The van der Waals surface area contributed by atoms with E-state index in [2.05, 4.69) is 25.7 Å². The molecule has 0 aliphatic rings. The summed E-state index contributed by atoms with van der Waals surface area (Å²) in [4.78, 5) is 2.35. The number of methoxy groups -OCH3 is 1. The van der Waals surface area contributed by atoms with Gasteiger partial charge in [0.1, 0.15) is 11.6 Å². The second-order valence-corrected chi connectivity index (χ2v) is 5.54. The van der Waals surface area contributed by atoms with E-state index in [1.807, 2.05) is 0 Å². The Hall–Kier alpha value is -1.13. The number of nitrogens with two attached hydrogens (primary N) is 1. The highest BCUT2D eigenvalue weighted by molar-refractivity contribution is 5.37. The lowest BCUT2D eigenvalue weighted by Gasteiger charge is -2.24. The molecule has 4 heteroatoms. The summed E-state index contributed by atoms with van der Waals surface area (Å²) in [5, 5.41) is 0. The maximum absolute atomic E-state index is 13.9. The van der Waals surface area contributed by atoms with E-state index in [0.717, 1.165) is 26.1 Å². The van der Waals surface area contributed by atoms with Crippen molar-refractivity contribution < 1.29 is 9.13 Å². The van der Waals surface area contributed by atoms with Gasteiger partial charge in [0.05, 0.1) is 7.11 Å². The van der Waals surface area contributed by atoms with Gasteiger partial charge in [-0.25, -0.2) is 4.39 Å². The zero-order chi connectivity index (χ0) is 15.1. The van der Waals surface area contributed by atoms with Gasteiger partial charge in [-0.15, -0.1) is 0 Å². The average Bonchev–Trinajstić information content (AvgIpc) is 2.42. The van der Waals surface area contributed by atoms with Gasteiger partial charge in [0, 0.05) is 18.2 Å². The summed E-state index contributed by atoms with van der Waals surface area (Å²) in [6.07, 6.45) is 0.720. The molecule has 114 valence electrons. The first-order valence-electron chi connectivity index (χ1n) is 7.29. The van der Waals surface area contributed by atoms with E-state index >= 15 is 0 Å². The Labute approximate surface area is 121 Å². The van der Waals surface area contributed by atoms with Crippen molar-refractivity contribution in [2.24, 2.45) is 11.7 Å². The number of hydrogen-bond donors (Lipinski definition) is 1. The standard InChI is InChI=1S/C16H27FN2O/c1-5-19(11-12(2)3)10-9-14(18)16-13(17)7-6-8-15(16)20-4/h6-8,12,14H,5,9-11,18H2,1-4H3. The molecule has 1 aromatic rings. The van der Waals surface area contributed by atoms with Crippen LogP contribution in [0.15, 0.2) is 18.2 Å². The third-order valence-corrected chi connectivity index (χ3v) is 3.43. The third kappa shape index (κ3) is 4.76. The van der Waals surface area contributed by atoms with Crippen molar-refractivity contribution >= 4 is 0 Å². The molecule has 1 atom stereocenters. The molecule has 1 rings (SSSR count). The van der Waals surface area contributed by atoms with Gasteiger partial charge in [-0.05, 0) is 37.6 Å². The fourth-order valence-corrected chi connectivity index (χ4v) is 2.42. The van der Waals surface area contributed by atoms with Gasteiger partial charge in [0.15, 0.2) is 0 Å². The molecule has 0 saturated heterocycles. The molecule has 1 aromatic carbocycles. The number of ether oxygens (including phenoxy) is 1. The third-order valence-electron chi connectivity index (χ3n) is 3.43. The molecule has 0 amide bonds. The van der Waals surface area contributed by atoms with Crippen LogP contribution in [0.5, 0.6) is 5.75 Å². The smallest absolute Gasteiger partial charge is 0.131 e. The summed E-state index contributed by atoms with van der Waals surface area (Å²) in [5.41, 5.74) is 6.64. The molecule has 0 heterocycles. The molecule has 0 radical (unpaired) electrons. The van der Waals surface area contributed by atoms with Crippen molar-refractivity contribution in [3.63, 3.8) is 0 Å². The average molecular weight is 282 g/mol. The van der Waals surface area contributed by atoms with Crippen LogP contribution in [0.25, 0.3) is 0 Å². The van der Waals surface area contributed by atoms with E-state index in [9.17, 15) is 4.39 Å². The molecule has 0 saturated carbocycles. The van der Waals surface area contributed by atoms with E-state index < -0.39 is 0 Å². The minimum atomic E-state index is -0.340. The van der Waals surface area contributed by atoms with Gasteiger partial charge < -0.3 is 15.4 Å². The van der Waals surface area contributed by atoms with E-state index in [1.165, 1.54) is 6.07 Å². The predicted octanol–water partition coefficient (Wildman–Crippen LogP) is 3.20. The van der Waals surface area contributed by atoms with Crippen LogP contribution in [0.4, 0.5) is 4.39 Å². The summed E-state index contributed by atoms with van der Waals surface area (Å²) in [6, 6.07) is 4.49. The van der Waals surface area contributed by atoms with Crippen LogP contribution >= 0.6 is 0 Å². The van der Waals surface area contributed by atoms with Gasteiger partial charge >= 0.3 is 0 Å². The molecular weight excluding hydrogens is 255 g/mol. The van der Waals surface area contributed by atoms with Crippen LogP contribution in [0.1, 0.15) is 38.8 Å². The van der Waals surface area contributed by atoms with Gasteiger partial charge in [0.2, 0.25) is 0 Å². The van der Waals surface area contributed by atoms with Gasteiger partial charge in [0.25, 0.3) is 0 Å². The van der Waals surface area contributed by atoms with Gasteiger partial charge in [-0.3, -0.25) is 0 Å². The van der Waals surface area contributed by atoms with Crippen LogP contribution in [0.3, 0.4) is 0 Å². The van der Waals surface area contributed by atoms with E-state index in [1.54, 1.807) is 19.2 Å². The summed E-state index contributed by atoms with van der Waals surface area (Å²) in [5.74, 6) is 0.863. The molecule has 3 nitrogen and oxygen atoms in total. The topological polar surface area (TPSA) is 38.5 Å². The number of benzene rings is 1. The first kappa shape index (κ1) is 16.9. The Morgan fingerprint density at radius 2 is 2.05 bits per heavy atom. The van der Waals surface area contributed by atoms with Crippen LogP contribution in [-0.2, 0) is 0 Å². The quantitative estimate of drug-likeness (QED) is 0.795. The lowest BCUT2D eigenvalue weighted by atomic mass is 10.0. The second kappa shape index (κ2) is 8.22. The van der Waals surface area contributed by atoms with Gasteiger partial charge in [-0.1, -0.05) is 26.8 Å². The lowest BCUT2D eigenvalue weighted by Crippen LogP contribution is -2.30. The first-order valence-corrected chi connectivity index (χ1v) is 7.29. The van der Waals surface area contributed by atoms with Gasteiger partial charge in [-0.2, -0.15) is 0 Å². The van der Waals surface area contributed by atoms with Crippen LogP contribution < -0.4 is 10.5 Å². The largest absolute Gasteiger partial charge is 0.496 e. The molecule has 0 bridgehead atoms. The summed E-state index contributed by atoms with van der Waals surface area (Å²) in [7, 11) is 1.54. The Bertz CT molecular complexity index is 409. The van der Waals surface area contributed by atoms with Crippen LogP contribution in [0, 0.1) is 11.7 Å². The summed E-state index contributed by atoms with van der Waals surface area (Å²) in [6.45, 7) is 9.42. The Morgan fingerprint density at radius 1 is 1.35 bits per heavy atom. The Kier molecular flexibility index (Phi) is 6.96.